The lowest BCUT2D eigenvalue weighted by Gasteiger charge is -2.39. The van der Waals surface area contributed by atoms with Gasteiger partial charge in [0.1, 0.15) is 0 Å². The number of rotatable bonds is 2. The summed E-state index contributed by atoms with van der Waals surface area (Å²) in [4.78, 5) is 16.3. The first-order chi connectivity index (χ1) is 8.85. The monoisotopic (exact) mass is 270 g/mol. The lowest BCUT2D eigenvalue weighted by molar-refractivity contribution is -0.145. The SMILES string of the molecule is CC1CN(C(=O)CN2CCC(C)(O)CC2)CC(C)O1. The van der Waals surface area contributed by atoms with Gasteiger partial charge < -0.3 is 14.7 Å². The minimum Gasteiger partial charge on any atom is -0.390 e. The molecular formula is C14H26N2O3. The third-order valence-electron chi connectivity index (χ3n) is 4.06. The zero-order valence-electron chi connectivity index (χ0n) is 12.3. The maximum Gasteiger partial charge on any atom is 0.236 e. The second kappa shape index (κ2) is 5.77. The summed E-state index contributed by atoms with van der Waals surface area (Å²) >= 11 is 0. The number of nitrogens with zero attached hydrogens (tertiary/aromatic N) is 2. The first-order valence-corrected chi connectivity index (χ1v) is 7.24. The molecule has 2 aliphatic rings. The van der Waals surface area contributed by atoms with Crippen molar-refractivity contribution in [1.82, 2.24) is 9.80 Å². The highest BCUT2D eigenvalue weighted by Gasteiger charge is 2.30. The molecule has 5 heteroatoms. The average molecular weight is 270 g/mol. The van der Waals surface area contributed by atoms with Crippen LogP contribution in [0.3, 0.4) is 0 Å². The van der Waals surface area contributed by atoms with E-state index < -0.39 is 5.60 Å². The fourth-order valence-electron chi connectivity index (χ4n) is 2.87. The van der Waals surface area contributed by atoms with Gasteiger partial charge in [0, 0.05) is 26.2 Å². The second-order valence-electron chi connectivity index (χ2n) is 6.33. The number of morpholine rings is 1. The molecule has 0 aromatic heterocycles. The van der Waals surface area contributed by atoms with Crippen molar-refractivity contribution < 1.29 is 14.6 Å². The van der Waals surface area contributed by atoms with E-state index in [0.717, 1.165) is 25.9 Å². The fraction of sp³-hybridized carbons (Fsp3) is 0.929. The predicted octanol–water partition coefficient (Wildman–Crippen LogP) is 0.469. The van der Waals surface area contributed by atoms with E-state index in [0.29, 0.717) is 19.6 Å². The third-order valence-corrected chi connectivity index (χ3v) is 4.06. The molecule has 5 nitrogen and oxygen atoms in total. The number of amides is 1. The number of carbonyl (C=O) groups excluding carboxylic acids is 1. The molecule has 19 heavy (non-hydrogen) atoms. The summed E-state index contributed by atoms with van der Waals surface area (Å²) in [7, 11) is 0. The van der Waals surface area contributed by atoms with Crippen molar-refractivity contribution in [2.75, 3.05) is 32.7 Å². The van der Waals surface area contributed by atoms with Gasteiger partial charge in [-0.15, -0.1) is 0 Å². The number of piperidine rings is 1. The van der Waals surface area contributed by atoms with Crippen LogP contribution < -0.4 is 0 Å². The van der Waals surface area contributed by atoms with Crippen LogP contribution >= 0.6 is 0 Å². The molecule has 0 radical (unpaired) electrons. The summed E-state index contributed by atoms with van der Waals surface area (Å²) in [6, 6.07) is 0. The van der Waals surface area contributed by atoms with Crippen LogP contribution in [0.5, 0.6) is 0 Å². The van der Waals surface area contributed by atoms with Crippen LogP contribution in [0.2, 0.25) is 0 Å². The first kappa shape index (κ1) is 14.8. The second-order valence-corrected chi connectivity index (χ2v) is 6.33. The maximum atomic E-state index is 12.3. The third kappa shape index (κ3) is 4.16. The summed E-state index contributed by atoms with van der Waals surface area (Å²) < 4.78 is 5.64. The quantitative estimate of drug-likeness (QED) is 0.792. The molecule has 2 rings (SSSR count). The molecule has 2 aliphatic heterocycles. The molecule has 1 N–H and O–H groups in total. The van der Waals surface area contributed by atoms with Crippen molar-refractivity contribution >= 4 is 5.91 Å². The molecule has 2 atom stereocenters. The Bertz CT molecular complexity index is 313. The number of likely N-dealkylation sites (tertiary alicyclic amines) is 1. The van der Waals surface area contributed by atoms with Crippen LogP contribution in [0.25, 0.3) is 0 Å². The van der Waals surface area contributed by atoms with E-state index in [9.17, 15) is 9.90 Å². The Labute approximate surface area is 115 Å². The van der Waals surface area contributed by atoms with Gasteiger partial charge in [-0.1, -0.05) is 0 Å². The molecule has 1 amide bonds. The van der Waals surface area contributed by atoms with Crippen molar-refractivity contribution in [2.45, 2.75) is 51.4 Å². The molecule has 0 spiro atoms. The molecular weight excluding hydrogens is 244 g/mol. The molecule has 2 heterocycles. The molecule has 0 aromatic carbocycles. The molecule has 0 saturated carbocycles. The van der Waals surface area contributed by atoms with Crippen molar-refractivity contribution in [3.05, 3.63) is 0 Å². The molecule has 2 unspecified atom stereocenters. The van der Waals surface area contributed by atoms with Crippen LogP contribution in [-0.2, 0) is 9.53 Å². The molecule has 0 aromatic rings. The number of carbonyl (C=O) groups is 1. The predicted molar refractivity (Wildman–Crippen MR) is 72.9 cm³/mol. The average Bonchev–Trinajstić information content (AvgIpc) is 2.30. The van der Waals surface area contributed by atoms with Gasteiger partial charge in [-0.2, -0.15) is 0 Å². The molecule has 2 fully saturated rings. The highest BCUT2D eigenvalue weighted by molar-refractivity contribution is 5.78. The Balaban J connectivity index is 1.81. The Hall–Kier alpha value is -0.650. The van der Waals surface area contributed by atoms with Gasteiger partial charge in [-0.25, -0.2) is 0 Å². The van der Waals surface area contributed by atoms with Crippen LogP contribution in [0, 0.1) is 0 Å². The van der Waals surface area contributed by atoms with Crippen LogP contribution in [0.4, 0.5) is 0 Å². The minimum atomic E-state index is -0.554. The van der Waals surface area contributed by atoms with Gasteiger partial charge in [0.15, 0.2) is 0 Å². The van der Waals surface area contributed by atoms with Gasteiger partial charge in [0.2, 0.25) is 5.91 Å². The van der Waals surface area contributed by atoms with Crippen LogP contribution in [-0.4, -0.2) is 71.3 Å². The van der Waals surface area contributed by atoms with Gasteiger partial charge in [0.05, 0.1) is 24.4 Å². The van der Waals surface area contributed by atoms with Crippen molar-refractivity contribution in [3.63, 3.8) is 0 Å². The summed E-state index contributed by atoms with van der Waals surface area (Å²) in [6.45, 7) is 9.33. The number of aliphatic hydroxyl groups is 1. The van der Waals surface area contributed by atoms with E-state index in [4.69, 9.17) is 4.74 Å². The standard InChI is InChI=1S/C14H26N2O3/c1-11-8-16(9-12(2)19-11)13(17)10-15-6-4-14(3,18)5-7-15/h11-12,18H,4-10H2,1-3H3. The van der Waals surface area contributed by atoms with Gasteiger partial charge in [-0.3, -0.25) is 9.69 Å². The lowest BCUT2D eigenvalue weighted by Crippen LogP contribution is -2.52. The van der Waals surface area contributed by atoms with Gasteiger partial charge in [-0.05, 0) is 33.6 Å². The van der Waals surface area contributed by atoms with Crippen molar-refractivity contribution in [3.8, 4) is 0 Å². The summed E-state index contributed by atoms with van der Waals surface area (Å²) in [5.41, 5.74) is -0.554. The summed E-state index contributed by atoms with van der Waals surface area (Å²) in [5, 5.41) is 9.91. The Morgan fingerprint density at radius 1 is 1.26 bits per heavy atom. The molecule has 0 aliphatic carbocycles. The van der Waals surface area contributed by atoms with E-state index in [1.807, 2.05) is 25.7 Å². The van der Waals surface area contributed by atoms with Crippen LogP contribution in [0.1, 0.15) is 33.6 Å². The van der Waals surface area contributed by atoms with E-state index in [2.05, 4.69) is 4.90 Å². The molecule has 110 valence electrons. The minimum absolute atomic E-state index is 0.120. The Kier molecular flexibility index (Phi) is 4.48. The lowest BCUT2D eigenvalue weighted by atomic mass is 9.94. The fourth-order valence-corrected chi connectivity index (χ4v) is 2.87. The van der Waals surface area contributed by atoms with Crippen molar-refractivity contribution in [2.24, 2.45) is 0 Å². The van der Waals surface area contributed by atoms with E-state index in [-0.39, 0.29) is 18.1 Å². The molecule has 0 bridgehead atoms. The van der Waals surface area contributed by atoms with Crippen LogP contribution in [0.15, 0.2) is 0 Å². The summed E-state index contributed by atoms with van der Waals surface area (Å²) in [6.07, 6.45) is 1.73. The normalized spacial score (nSPS) is 32.3. The van der Waals surface area contributed by atoms with E-state index in [1.165, 1.54) is 0 Å². The number of ether oxygens (including phenoxy) is 1. The van der Waals surface area contributed by atoms with Gasteiger partial charge >= 0.3 is 0 Å². The van der Waals surface area contributed by atoms with E-state index >= 15 is 0 Å². The summed E-state index contributed by atoms with van der Waals surface area (Å²) in [5.74, 6) is 0.184. The van der Waals surface area contributed by atoms with E-state index in [1.54, 1.807) is 0 Å². The topological polar surface area (TPSA) is 53.0 Å². The maximum absolute atomic E-state index is 12.3. The molecule has 2 saturated heterocycles. The van der Waals surface area contributed by atoms with Crippen molar-refractivity contribution in [1.29, 1.82) is 0 Å². The Morgan fingerprint density at radius 2 is 1.79 bits per heavy atom. The number of hydrogen-bond donors (Lipinski definition) is 1. The highest BCUT2D eigenvalue weighted by atomic mass is 16.5. The zero-order chi connectivity index (χ0) is 14.0. The number of hydrogen-bond acceptors (Lipinski definition) is 4. The Morgan fingerprint density at radius 3 is 2.32 bits per heavy atom. The smallest absolute Gasteiger partial charge is 0.236 e. The highest BCUT2D eigenvalue weighted by Crippen LogP contribution is 2.21. The van der Waals surface area contributed by atoms with Gasteiger partial charge in [0.25, 0.3) is 0 Å². The zero-order valence-corrected chi connectivity index (χ0v) is 12.3. The largest absolute Gasteiger partial charge is 0.390 e. The first-order valence-electron chi connectivity index (χ1n) is 7.24.